The molecule has 1 aliphatic carbocycles. The van der Waals surface area contributed by atoms with Crippen LogP contribution in [0.15, 0.2) is 61.0 Å². The third-order valence-electron chi connectivity index (χ3n) is 5.91. The first-order chi connectivity index (χ1) is 16.0. The molecule has 0 aliphatic heterocycles. The maximum absolute atomic E-state index is 13.0. The summed E-state index contributed by atoms with van der Waals surface area (Å²) in [7, 11) is 1.56. The fourth-order valence-corrected chi connectivity index (χ4v) is 4.07. The second-order valence-corrected chi connectivity index (χ2v) is 8.06. The molecule has 2 aromatic heterocycles. The Labute approximate surface area is 193 Å². The van der Waals surface area contributed by atoms with Crippen LogP contribution in [0.1, 0.15) is 32.6 Å². The van der Waals surface area contributed by atoms with Crippen LogP contribution in [0.4, 0.5) is 10.2 Å². The molecule has 2 N–H and O–H groups in total. The van der Waals surface area contributed by atoms with Crippen molar-refractivity contribution in [3.63, 3.8) is 0 Å². The molecule has 33 heavy (non-hydrogen) atoms. The van der Waals surface area contributed by atoms with Gasteiger partial charge in [-0.3, -0.25) is 9.63 Å². The fraction of sp³-hybridized carbons (Fsp3) is 0.360. The van der Waals surface area contributed by atoms with Crippen molar-refractivity contribution in [1.82, 2.24) is 9.97 Å². The minimum atomic E-state index is -0.435. The van der Waals surface area contributed by atoms with E-state index in [2.05, 4.69) is 27.0 Å². The number of rotatable bonds is 9. The van der Waals surface area contributed by atoms with E-state index in [0.29, 0.717) is 17.5 Å². The molecular formula is C25H30FN4O3+. The van der Waals surface area contributed by atoms with E-state index in [1.807, 2.05) is 19.1 Å². The normalized spacial score (nSPS) is 19.7. The number of nitrogens with zero attached hydrogens (tertiary/aromatic N) is 2. The molecule has 1 aliphatic rings. The van der Waals surface area contributed by atoms with E-state index in [9.17, 15) is 9.18 Å². The van der Waals surface area contributed by atoms with Crippen LogP contribution in [0.2, 0.25) is 0 Å². The zero-order valence-electron chi connectivity index (χ0n) is 19.0. The summed E-state index contributed by atoms with van der Waals surface area (Å²) in [5, 5.41) is 5.60. The molecule has 0 saturated heterocycles. The van der Waals surface area contributed by atoms with Gasteiger partial charge < -0.3 is 10.1 Å². The van der Waals surface area contributed by atoms with E-state index < -0.39 is 5.82 Å². The van der Waals surface area contributed by atoms with Crippen LogP contribution in [0, 0.1) is 23.6 Å². The Morgan fingerprint density at radius 1 is 1.27 bits per heavy atom. The number of amides is 1. The van der Waals surface area contributed by atoms with Gasteiger partial charge in [-0.1, -0.05) is 26.0 Å². The second kappa shape index (κ2) is 11.9. The summed E-state index contributed by atoms with van der Waals surface area (Å²) in [5.74, 6) is 1.15. The van der Waals surface area contributed by atoms with Gasteiger partial charge >= 0.3 is 0 Å². The van der Waals surface area contributed by atoms with Gasteiger partial charge in [-0.05, 0) is 60.0 Å². The number of hydrogen-bond acceptors (Lipinski definition) is 5. The Kier molecular flexibility index (Phi) is 8.69. The Balaban J connectivity index is 1.57. The van der Waals surface area contributed by atoms with Gasteiger partial charge in [0.2, 0.25) is 18.0 Å². The van der Waals surface area contributed by atoms with E-state index in [1.54, 1.807) is 25.5 Å². The minimum absolute atomic E-state index is 0.0567. The maximum atomic E-state index is 13.0. The highest BCUT2D eigenvalue weighted by atomic mass is 19.1. The number of allylic oxidation sites excluding steroid dienone is 3. The lowest BCUT2D eigenvalue weighted by molar-refractivity contribution is -0.740. The number of hydrogen-bond donors (Lipinski definition) is 2. The molecule has 2 heterocycles. The average Bonchev–Trinajstić information content (AvgIpc) is 2.84. The summed E-state index contributed by atoms with van der Waals surface area (Å²) in [6.45, 7) is 5.91. The van der Waals surface area contributed by atoms with Crippen molar-refractivity contribution in [1.29, 1.82) is 0 Å². The first-order valence-electron chi connectivity index (χ1n) is 11.0. The van der Waals surface area contributed by atoms with E-state index in [1.165, 1.54) is 18.3 Å². The number of anilines is 1. The highest BCUT2D eigenvalue weighted by molar-refractivity contribution is 5.91. The highest BCUT2D eigenvalue weighted by Gasteiger charge is 2.31. The lowest BCUT2D eigenvalue weighted by atomic mass is 9.73. The first-order valence-corrected chi connectivity index (χ1v) is 11.0. The van der Waals surface area contributed by atoms with Crippen molar-refractivity contribution < 1.29 is 23.9 Å². The molecular weight excluding hydrogens is 423 g/mol. The Hall–Kier alpha value is -3.55. The van der Waals surface area contributed by atoms with Crippen molar-refractivity contribution >= 4 is 17.9 Å². The SMILES string of the molecule is C=C/C(=C\C=[NH+]\OC)[C@@H]1CCC[C@H]([C@@H](C)C(=O)Nc2ccc(Oc3ccc(F)cn3)cn2)C1. The molecule has 1 saturated carbocycles. The molecule has 3 atom stereocenters. The van der Waals surface area contributed by atoms with Gasteiger partial charge in [0.25, 0.3) is 0 Å². The molecule has 0 aromatic carbocycles. The molecule has 174 valence electrons. The van der Waals surface area contributed by atoms with Crippen LogP contribution in [0.5, 0.6) is 11.6 Å². The number of pyridine rings is 2. The number of ether oxygens (including phenoxy) is 1. The Bertz CT molecular complexity index is 990. The van der Waals surface area contributed by atoms with Crippen LogP contribution in [0.3, 0.4) is 0 Å². The Morgan fingerprint density at radius 2 is 2.12 bits per heavy atom. The lowest BCUT2D eigenvalue weighted by Crippen LogP contribution is -2.66. The van der Waals surface area contributed by atoms with Crippen LogP contribution in [0.25, 0.3) is 0 Å². The minimum Gasteiger partial charge on any atom is -0.437 e. The third-order valence-corrected chi connectivity index (χ3v) is 5.91. The monoisotopic (exact) mass is 453 g/mol. The molecule has 3 rings (SSSR count). The summed E-state index contributed by atoms with van der Waals surface area (Å²) in [4.78, 5) is 25.8. The molecule has 0 radical (unpaired) electrons. The summed E-state index contributed by atoms with van der Waals surface area (Å²) in [6.07, 6.45) is 12.3. The number of carbonyl (C=O) groups is 1. The number of nitrogens with one attached hydrogen (secondary N) is 2. The van der Waals surface area contributed by atoms with Crippen molar-refractivity contribution in [3.05, 3.63) is 66.8 Å². The predicted octanol–water partition coefficient (Wildman–Crippen LogP) is 3.61. The number of halogens is 1. The summed E-state index contributed by atoms with van der Waals surface area (Å²) in [5.41, 5.74) is 1.14. The maximum Gasteiger partial charge on any atom is 0.228 e. The van der Waals surface area contributed by atoms with Crippen molar-refractivity contribution in [3.8, 4) is 11.6 Å². The second-order valence-electron chi connectivity index (χ2n) is 8.06. The molecule has 2 aromatic rings. The zero-order chi connectivity index (χ0) is 23.6. The van der Waals surface area contributed by atoms with Crippen LogP contribution < -0.4 is 15.2 Å². The average molecular weight is 454 g/mol. The standard InChI is InChI=1S/C25H29FN4O3/c1-4-18(12-13-29-32-3)20-7-5-6-19(14-20)17(2)25(31)30-23-10-9-22(16-27-23)33-24-11-8-21(26)15-28-24/h4,8-13,15-17,19-20H,1,5-7,14H2,2-3H3,(H,27,30,31)/p+1/b18-12+,29-13+/t17-,19+,20-/m1/s1. The van der Waals surface area contributed by atoms with Gasteiger partial charge in [0, 0.05) is 18.1 Å². The number of aromatic nitrogens is 2. The smallest absolute Gasteiger partial charge is 0.228 e. The summed E-state index contributed by atoms with van der Waals surface area (Å²) in [6, 6.07) is 6.05. The van der Waals surface area contributed by atoms with Crippen LogP contribution in [-0.2, 0) is 9.63 Å². The molecule has 8 heteroatoms. The van der Waals surface area contributed by atoms with Crippen LogP contribution in [-0.4, -0.2) is 29.2 Å². The van der Waals surface area contributed by atoms with Gasteiger partial charge in [-0.15, -0.1) is 0 Å². The van der Waals surface area contributed by atoms with E-state index in [4.69, 9.17) is 9.57 Å². The molecule has 0 unspecified atom stereocenters. The molecule has 1 fully saturated rings. The van der Waals surface area contributed by atoms with Gasteiger partial charge in [0.15, 0.2) is 0 Å². The number of carbonyl (C=O) groups excluding carboxylic acids is 1. The Morgan fingerprint density at radius 3 is 2.79 bits per heavy atom. The van der Waals surface area contributed by atoms with E-state index >= 15 is 0 Å². The first kappa shape index (κ1) is 24.1. The van der Waals surface area contributed by atoms with Gasteiger partial charge in [-0.2, -0.15) is 0 Å². The van der Waals surface area contributed by atoms with Crippen molar-refractivity contribution in [2.45, 2.75) is 32.6 Å². The largest absolute Gasteiger partial charge is 0.437 e. The van der Waals surface area contributed by atoms with Gasteiger partial charge in [0.05, 0.1) is 12.4 Å². The van der Waals surface area contributed by atoms with Crippen molar-refractivity contribution in [2.75, 3.05) is 12.4 Å². The zero-order valence-corrected chi connectivity index (χ0v) is 19.0. The van der Waals surface area contributed by atoms with Gasteiger partial charge in [0.1, 0.15) is 24.5 Å². The third kappa shape index (κ3) is 6.97. The molecule has 7 nitrogen and oxygen atoms in total. The lowest BCUT2D eigenvalue weighted by Gasteiger charge is -2.33. The quantitative estimate of drug-likeness (QED) is 0.344. The van der Waals surface area contributed by atoms with E-state index in [0.717, 1.165) is 37.5 Å². The summed E-state index contributed by atoms with van der Waals surface area (Å²) >= 11 is 0. The van der Waals surface area contributed by atoms with Crippen molar-refractivity contribution in [2.24, 2.45) is 17.8 Å². The molecule has 0 bridgehead atoms. The van der Waals surface area contributed by atoms with Crippen LogP contribution >= 0.6 is 0 Å². The van der Waals surface area contributed by atoms with E-state index in [-0.39, 0.29) is 23.6 Å². The molecule has 1 amide bonds. The molecule has 0 spiro atoms. The topological polar surface area (TPSA) is 87.3 Å². The summed E-state index contributed by atoms with van der Waals surface area (Å²) < 4.78 is 18.5. The predicted molar refractivity (Wildman–Crippen MR) is 124 cm³/mol. The fourth-order valence-electron chi connectivity index (χ4n) is 4.07. The van der Waals surface area contributed by atoms with Gasteiger partial charge in [-0.25, -0.2) is 14.4 Å². The highest BCUT2D eigenvalue weighted by Crippen LogP contribution is 2.38.